The predicted molar refractivity (Wildman–Crippen MR) is 151 cm³/mol. The first kappa shape index (κ1) is 28.7. The largest absolute Gasteiger partial charge is 0.444 e. The van der Waals surface area contributed by atoms with Crippen LogP contribution in [0, 0.1) is 0 Å². The van der Waals surface area contributed by atoms with Gasteiger partial charge in [-0.2, -0.15) is 4.98 Å². The molecule has 1 aliphatic heterocycles. The van der Waals surface area contributed by atoms with E-state index in [0.717, 1.165) is 11.3 Å². The maximum atomic E-state index is 12.7. The Bertz CT molecular complexity index is 1400. The molecule has 12 heteroatoms. The van der Waals surface area contributed by atoms with E-state index in [9.17, 15) is 14.7 Å². The number of nitrogens with zero attached hydrogens (tertiary/aromatic N) is 5. The van der Waals surface area contributed by atoms with Gasteiger partial charge < -0.3 is 30.7 Å². The summed E-state index contributed by atoms with van der Waals surface area (Å²) >= 11 is 0. The van der Waals surface area contributed by atoms with Crippen molar-refractivity contribution in [1.29, 1.82) is 0 Å². The number of carbonyl (C=O) groups is 2. The van der Waals surface area contributed by atoms with Crippen molar-refractivity contribution in [2.45, 2.75) is 65.7 Å². The third-order valence-corrected chi connectivity index (χ3v) is 5.94. The molecule has 3 aromatic heterocycles. The van der Waals surface area contributed by atoms with E-state index in [-0.39, 0.29) is 29.3 Å². The molecular formula is C28H36N8O4. The lowest BCUT2D eigenvalue weighted by Gasteiger charge is -2.31. The fraction of sp³-hybridized carbons (Fsp3) is 0.429. The normalized spacial score (nSPS) is 13.3. The average molecular weight is 549 g/mol. The maximum Gasteiger partial charge on any atom is 0.410 e. The van der Waals surface area contributed by atoms with Crippen LogP contribution in [-0.2, 0) is 23.3 Å². The lowest BCUT2D eigenvalue weighted by atomic mass is 10.1. The molecule has 4 heterocycles. The highest BCUT2D eigenvalue weighted by Crippen LogP contribution is 2.26. The molecule has 212 valence electrons. The standard InChI is InChI=1S/C28H36N8O4/c1-7-29-24(37)19-15-31-25(35-23(19)34-22-10-8-9-21(33-22)28(5,6)39)32-18-13-17-16-36(12-11-20(17)30-14-18)26(38)40-27(2,3)4/h8-10,13-15,39H,7,11-12,16H2,1-6H3,(H,29,37)(H2,31,32,33,34,35). The molecule has 40 heavy (non-hydrogen) atoms. The minimum atomic E-state index is -1.14. The Balaban J connectivity index is 1.58. The van der Waals surface area contributed by atoms with E-state index < -0.39 is 11.2 Å². The summed E-state index contributed by atoms with van der Waals surface area (Å²) in [5.74, 6) is 0.544. The number of ether oxygens (including phenoxy) is 1. The highest BCUT2D eigenvalue weighted by Gasteiger charge is 2.26. The Morgan fingerprint density at radius 2 is 1.85 bits per heavy atom. The van der Waals surface area contributed by atoms with Crippen LogP contribution < -0.4 is 16.0 Å². The van der Waals surface area contributed by atoms with Crippen LogP contribution in [0.25, 0.3) is 0 Å². The summed E-state index contributed by atoms with van der Waals surface area (Å²) in [7, 11) is 0. The first-order chi connectivity index (χ1) is 18.8. The van der Waals surface area contributed by atoms with Crippen LogP contribution in [0.5, 0.6) is 0 Å². The molecule has 1 aliphatic rings. The third kappa shape index (κ3) is 7.20. The molecule has 0 spiro atoms. The zero-order chi connectivity index (χ0) is 29.1. The van der Waals surface area contributed by atoms with Crippen molar-refractivity contribution < 1.29 is 19.4 Å². The fourth-order valence-corrected chi connectivity index (χ4v) is 4.03. The van der Waals surface area contributed by atoms with Crippen LogP contribution in [0.3, 0.4) is 0 Å². The topological polar surface area (TPSA) is 154 Å². The Morgan fingerprint density at radius 1 is 1.07 bits per heavy atom. The van der Waals surface area contributed by atoms with E-state index in [1.165, 1.54) is 6.20 Å². The third-order valence-electron chi connectivity index (χ3n) is 5.94. The van der Waals surface area contributed by atoms with Gasteiger partial charge in [-0.3, -0.25) is 9.78 Å². The monoisotopic (exact) mass is 548 g/mol. The Hall–Kier alpha value is -4.32. The SMILES string of the molecule is CCNC(=O)c1cnc(Nc2cnc3c(c2)CN(C(=O)OC(C)(C)C)CC3)nc1Nc1cccc(C(C)(C)O)n1. The number of rotatable bonds is 7. The van der Waals surface area contributed by atoms with Gasteiger partial charge in [0, 0.05) is 31.4 Å². The molecule has 0 saturated heterocycles. The van der Waals surface area contributed by atoms with Crippen molar-refractivity contribution in [2.24, 2.45) is 0 Å². The summed E-state index contributed by atoms with van der Waals surface area (Å²) in [6.45, 7) is 12.0. The predicted octanol–water partition coefficient (Wildman–Crippen LogP) is 4.02. The number of amides is 2. The minimum absolute atomic E-state index is 0.232. The molecule has 0 unspecified atom stereocenters. The molecule has 0 bridgehead atoms. The van der Waals surface area contributed by atoms with Gasteiger partial charge in [0.1, 0.15) is 28.4 Å². The molecule has 0 radical (unpaired) electrons. The van der Waals surface area contributed by atoms with Crippen molar-refractivity contribution in [3.63, 3.8) is 0 Å². The molecule has 12 nitrogen and oxygen atoms in total. The second-order valence-electron chi connectivity index (χ2n) is 11.0. The number of pyridine rings is 2. The van der Waals surface area contributed by atoms with Crippen molar-refractivity contribution >= 4 is 35.3 Å². The first-order valence-electron chi connectivity index (χ1n) is 13.2. The zero-order valence-corrected chi connectivity index (χ0v) is 23.7. The highest BCUT2D eigenvalue weighted by atomic mass is 16.6. The van der Waals surface area contributed by atoms with Crippen LogP contribution in [-0.4, -0.2) is 60.6 Å². The average Bonchev–Trinajstić information content (AvgIpc) is 2.87. The van der Waals surface area contributed by atoms with Gasteiger partial charge in [0.15, 0.2) is 0 Å². The Kier molecular flexibility index (Phi) is 8.19. The van der Waals surface area contributed by atoms with Crippen LogP contribution in [0.1, 0.15) is 68.9 Å². The van der Waals surface area contributed by atoms with Crippen molar-refractivity contribution in [3.05, 3.63) is 59.2 Å². The number of carbonyl (C=O) groups excluding carboxylic acids is 2. The first-order valence-corrected chi connectivity index (χ1v) is 13.2. The van der Waals surface area contributed by atoms with E-state index in [1.54, 1.807) is 43.1 Å². The highest BCUT2D eigenvalue weighted by molar-refractivity contribution is 5.99. The number of aromatic nitrogens is 4. The zero-order valence-electron chi connectivity index (χ0n) is 23.7. The summed E-state index contributed by atoms with van der Waals surface area (Å²) in [5, 5.41) is 19.4. The lowest BCUT2D eigenvalue weighted by Crippen LogP contribution is -2.40. The number of anilines is 4. The van der Waals surface area contributed by atoms with Gasteiger partial charge in [-0.25, -0.2) is 14.8 Å². The van der Waals surface area contributed by atoms with E-state index in [0.29, 0.717) is 43.3 Å². The van der Waals surface area contributed by atoms with Crippen LogP contribution in [0.15, 0.2) is 36.7 Å². The minimum Gasteiger partial charge on any atom is -0.444 e. The quantitative estimate of drug-likeness (QED) is 0.340. The molecule has 4 N–H and O–H groups in total. The number of aliphatic hydroxyl groups is 1. The number of nitrogens with one attached hydrogen (secondary N) is 3. The van der Waals surface area contributed by atoms with Gasteiger partial charge in [0.2, 0.25) is 5.95 Å². The number of fused-ring (bicyclic) bond motifs is 1. The molecule has 0 fully saturated rings. The number of hydrogen-bond acceptors (Lipinski definition) is 10. The summed E-state index contributed by atoms with van der Waals surface area (Å²) in [5.41, 5.74) is 1.42. The molecule has 0 aliphatic carbocycles. The van der Waals surface area contributed by atoms with E-state index in [1.807, 2.05) is 33.8 Å². The second kappa shape index (κ2) is 11.4. The smallest absolute Gasteiger partial charge is 0.410 e. The maximum absolute atomic E-state index is 12.7. The van der Waals surface area contributed by atoms with E-state index in [4.69, 9.17) is 4.74 Å². The summed E-state index contributed by atoms with van der Waals surface area (Å²) in [6, 6.07) is 7.10. The van der Waals surface area contributed by atoms with Gasteiger partial charge >= 0.3 is 6.09 Å². The lowest BCUT2D eigenvalue weighted by molar-refractivity contribution is 0.0222. The fourth-order valence-electron chi connectivity index (χ4n) is 4.03. The summed E-state index contributed by atoms with van der Waals surface area (Å²) in [6.07, 6.45) is 3.37. The van der Waals surface area contributed by atoms with Gasteiger partial charge in [-0.1, -0.05) is 6.07 Å². The number of hydrogen-bond donors (Lipinski definition) is 4. The molecular weight excluding hydrogens is 512 g/mol. The van der Waals surface area contributed by atoms with Gasteiger partial charge in [0.05, 0.1) is 24.1 Å². The molecule has 4 rings (SSSR count). The molecule has 2 amide bonds. The van der Waals surface area contributed by atoms with E-state index >= 15 is 0 Å². The van der Waals surface area contributed by atoms with Gasteiger partial charge in [-0.05, 0) is 65.3 Å². The van der Waals surface area contributed by atoms with Crippen molar-refractivity contribution in [1.82, 2.24) is 30.2 Å². The van der Waals surface area contributed by atoms with Gasteiger partial charge in [-0.15, -0.1) is 0 Å². The van der Waals surface area contributed by atoms with E-state index in [2.05, 4.69) is 35.9 Å². The van der Waals surface area contributed by atoms with Crippen molar-refractivity contribution in [2.75, 3.05) is 23.7 Å². The van der Waals surface area contributed by atoms with Crippen molar-refractivity contribution in [3.8, 4) is 0 Å². The molecule has 0 atom stereocenters. The van der Waals surface area contributed by atoms with Crippen LogP contribution in [0.2, 0.25) is 0 Å². The second-order valence-corrected chi connectivity index (χ2v) is 11.0. The molecule has 0 saturated carbocycles. The Labute approximate surface area is 233 Å². The van der Waals surface area contributed by atoms with Gasteiger partial charge in [0.25, 0.3) is 5.91 Å². The molecule has 0 aromatic carbocycles. The summed E-state index contributed by atoms with van der Waals surface area (Å²) in [4.78, 5) is 44.9. The summed E-state index contributed by atoms with van der Waals surface area (Å²) < 4.78 is 5.53. The van der Waals surface area contributed by atoms with Crippen LogP contribution >= 0.6 is 0 Å². The van der Waals surface area contributed by atoms with Crippen LogP contribution in [0.4, 0.5) is 28.1 Å². The molecule has 3 aromatic rings. The Morgan fingerprint density at radius 3 is 2.55 bits per heavy atom.